The highest BCUT2D eigenvalue weighted by atomic mass is 19.1. The Morgan fingerprint density at radius 3 is 2.64 bits per heavy atom. The summed E-state index contributed by atoms with van der Waals surface area (Å²) in [6, 6.07) is 11.8. The van der Waals surface area contributed by atoms with Crippen molar-refractivity contribution in [2.75, 3.05) is 6.61 Å². The number of hydrogen-bond acceptors (Lipinski definition) is 5. The molecule has 4 rings (SSSR count). The molecule has 0 amide bonds. The number of rotatable bonds is 5. The summed E-state index contributed by atoms with van der Waals surface area (Å²) in [5.41, 5.74) is 1.74. The number of fused-ring (bicyclic) bond motifs is 1. The van der Waals surface area contributed by atoms with E-state index in [1.807, 2.05) is 0 Å². The quantitative estimate of drug-likeness (QED) is 0.385. The van der Waals surface area contributed by atoms with E-state index in [-0.39, 0.29) is 23.6 Å². The minimum absolute atomic E-state index is 0.202. The lowest BCUT2D eigenvalue weighted by Gasteiger charge is -2.04. The third-order valence-electron chi connectivity index (χ3n) is 4.27. The van der Waals surface area contributed by atoms with Crippen LogP contribution in [0.2, 0.25) is 0 Å². The lowest BCUT2D eigenvalue weighted by atomic mass is 10.1. The van der Waals surface area contributed by atoms with Crippen molar-refractivity contribution in [2.24, 2.45) is 0 Å². The monoisotopic (exact) mass is 378 g/mol. The van der Waals surface area contributed by atoms with Crippen LogP contribution in [0.4, 0.5) is 4.39 Å². The van der Waals surface area contributed by atoms with Crippen molar-refractivity contribution in [1.29, 1.82) is 0 Å². The fourth-order valence-electron chi connectivity index (χ4n) is 2.95. The van der Waals surface area contributed by atoms with Crippen molar-refractivity contribution in [2.45, 2.75) is 6.92 Å². The molecule has 0 spiro atoms. The van der Waals surface area contributed by atoms with Gasteiger partial charge in [-0.15, -0.1) is 0 Å². The highest BCUT2D eigenvalue weighted by Crippen LogP contribution is 2.25. The molecular weight excluding hydrogens is 363 g/mol. The van der Waals surface area contributed by atoms with Crippen molar-refractivity contribution < 1.29 is 23.1 Å². The second-order valence-corrected chi connectivity index (χ2v) is 6.01. The molecule has 0 unspecified atom stereocenters. The van der Waals surface area contributed by atoms with Crippen molar-refractivity contribution in [3.63, 3.8) is 0 Å². The highest BCUT2D eigenvalue weighted by Gasteiger charge is 2.22. The van der Waals surface area contributed by atoms with E-state index in [9.17, 15) is 14.0 Å². The summed E-state index contributed by atoms with van der Waals surface area (Å²) in [7, 11) is 0. The van der Waals surface area contributed by atoms with Crippen LogP contribution in [0.1, 0.15) is 33.3 Å². The first-order valence-corrected chi connectivity index (χ1v) is 8.61. The molecule has 140 valence electrons. The van der Waals surface area contributed by atoms with Crippen LogP contribution in [0.3, 0.4) is 0 Å². The van der Waals surface area contributed by atoms with Gasteiger partial charge in [-0.05, 0) is 55.5 Å². The van der Waals surface area contributed by atoms with Gasteiger partial charge in [-0.2, -0.15) is 0 Å². The first kappa shape index (κ1) is 17.7. The number of aromatic nitrogens is 2. The molecule has 0 bridgehead atoms. The van der Waals surface area contributed by atoms with Crippen molar-refractivity contribution in [1.82, 2.24) is 9.38 Å². The van der Waals surface area contributed by atoms with Crippen molar-refractivity contribution >= 4 is 17.3 Å². The summed E-state index contributed by atoms with van der Waals surface area (Å²) in [6.07, 6.45) is 2.97. The molecule has 3 heterocycles. The molecular formula is C21H15FN2O4. The predicted molar refractivity (Wildman–Crippen MR) is 98.7 cm³/mol. The number of carbonyl (C=O) groups excluding carboxylic acids is 2. The molecule has 0 saturated carbocycles. The Morgan fingerprint density at radius 1 is 1.18 bits per heavy atom. The Labute approximate surface area is 159 Å². The van der Waals surface area contributed by atoms with Crippen LogP contribution in [0.5, 0.6) is 0 Å². The second kappa shape index (κ2) is 7.11. The first-order valence-electron chi connectivity index (χ1n) is 8.61. The maximum Gasteiger partial charge on any atom is 0.340 e. The fourth-order valence-corrected chi connectivity index (χ4v) is 2.95. The minimum atomic E-state index is -0.547. The molecule has 4 aromatic rings. The van der Waals surface area contributed by atoms with E-state index in [0.717, 1.165) is 0 Å². The average molecular weight is 378 g/mol. The zero-order chi connectivity index (χ0) is 19.7. The number of halogens is 1. The number of ether oxygens (including phenoxy) is 1. The van der Waals surface area contributed by atoms with Crippen LogP contribution in [-0.2, 0) is 4.74 Å². The molecule has 0 fully saturated rings. The summed E-state index contributed by atoms with van der Waals surface area (Å²) in [4.78, 5) is 29.7. The summed E-state index contributed by atoms with van der Waals surface area (Å²) in [5.74, 6) is -0.814. The van der Waals surface area contributed by atoms with Crippen LogP contribution in [0.15, 0.2) is 65.5 Å². The van der Waals surface area contributed by atoms with Gasteiger partial charge in [0.15, 0.2) is 5.76 Å². The number of hydrogen-bond donors (Lipinski definition) is 0. The van der Waals surface area contributed by atoms with Crippen molar-refractivity contribution in [3.05, 3.63) is 83.8 Å². The maximum absolute atomic E-state index is 13.2. The van der Waals surface area contributed by atoms with E-state index in [4.69, 9.17) is 9.15 Å². The van der Waals surface area contributed by atoms with Gasteiger partial charge < -0.3 is 9.15 Å². The average Bonchev–Trinajstić information content (AvgIpc) is 3.36. The van der Waals surface area contributed by atoms with E-state index in [1.165, 1.54) is 47.3 Å². The lowest BCUT2D eigenvalue weighted by Crippen LogP contribution is -2.05. The van der Waals surface area contributed by atoms with Crippen LogP contribution in [-0.4, -0.2) is 27.7 Å². The summed E-state index contributed by atoms with van der Waals surface area (Å²) in [6.45, 7) is 1.91. The molecule has 0 aliphatic carbocycles. The summed E-state index contributed by atoms with van der Waals surface area (Å²) >= 11 is 0. The Bertz CT molecular complexity index is 1160. The van der Waals surface area contributed by atoms with Gasteiger partial charge in [-0.1, -0.05) is 0 Å². The van der Waals surface area contributed by atoms with Gasteiger partial charge >= 0.3 is 5.97 Å². The molecule has 28 heavy (non-hydrogen) atoms. The van der Waals surface area contributed by atoms with Crippen molar-refractivity contribution in [3.8, 4) is 11.5 Å². The number of nitrogens with zero attached hydrogens (tertiary/aromatic N) is 2. The molecule has 0 radical (unpaired) electrons. The zero-order valence-corrected chi connectivity index (χ0v) is 14.9. The molecule has 7 heteroatoms. The molecule has 6 nitrogen and oxygen atoms in total. The van der Waals surface area contributed by atoms with Gasteiger partial charge in [0, 0.05) is 5.56 Å². The zero-order valence-electron chi connectivity index (χ0n) is 14.9. The number of furan rings is 1. The van der Waals surface area contributed by atoms with Gasteiger partial charge in [-0.25, -0.2) is 14.2 Å². The molecule has 0 atom stereocenters. The molecule has 3 aromatic heterocycles. The Balaban J connectivity index is 1.88. The van der Waals surface area contributed by atoms with E-state index in [0.29, 0.717) is 22.5 Å². The first-order chi connectivity index (χ1) is 13.6. The smallest absolute Gasteiger partial charge is 0.340 e. The summed E-state index contributed by atoms with van der Waals surface area (Å²) < 4.78 is 25.2. The Hall–Kier alpha value is -3.74. The van der Waals surface area contributed by atoms with Gasteiger partial charge in [0.1, 0.15) is 17.8 Å². The number of ketones is 1. The van der Waals surface area contributed by atoms with Gasteiger partial charge in [-0.3, -0.25) is 9.20 Å². The highest BCUT2D eigenvalue weighted by molar-refractivity contribution is 6.11. The third-order valence-corrected chi connectivity index (χ3v) is 4.27. The largest absolute Gasteiger partial charge is 0.463 e. The van der Waals surface area contributed by atoms with E-state index in [1.54, 1.807) is 25.1 Å². The summed E-state index contributed by atoms with van der Waals surface area (Å²) in [5, 5.41) is 0. The lowest BCUT2D eigenvalue weighted by molar-refractivity contribution is 0.0529. The van der Waals surface area contributed by atoms with Crippen LogP contribution >= 0.6 is 0 Å². The molecule has 0 saturated heterocycles. The van der Waals surface area contributed by atoms with Gasteiger partial charge in [0.05, 0.1) is 29.6 Å². The normalized spacial score (nSPS) is 10.9. The Kier molecular flexibility index (Phi) is 4.49. The minimum Gasteiger partial charge on any atom is -0.463 e. The molecule has 1 aromatic carbocycles. The third kappa shape index (κ3) is 3.07. The topological polar surface area (TPSA) is 73.8 Å². The number of benzene rings is 1. The number of esters is 1. The van der Waals surface area contributed by atoms with Gasteiger partial charge in [0.2, 0.25) is 5.78 Å². The van der Waals surface area contributed by atoms with E-state index < -0.39 is 11.8 Å². The standard InChI is InChI=1S/C21H15FN2O4/c1-2-27-21(26)15-10-18(20(25)13-5-7-14(22)8-6-13)24-12-23-16(11-17(15)24)19-4-3-9-28-19/h3-12H,2H2,1H3. The van der Waals surface area contributed by atoms with Crippen LogP contribution in [0.25, 0.3) is 17.0 Å². The van der Waals surface area contributed by atoms with E-state index in [2.05, 4.69) is 4.98 Å². The second-order valence-electron chi connectivity index (χ2n) is 6.01. The molecule has 0 aliphatic heterocycles. The van der Waals surface area contributed by atoms with Gasteiger partial charge in [0.25, 0.3) is 0 Å². The van der Waals surface area contributed by atoms with E-state index >= 15 is 0 Å². The SMILES string of the molecule is CCOC(=O)c1cc(C(=O)c2ccc(F)cc2)n2cnc(-c3ccco3)cc12. The van der Waals surface area contributed by atoms with Crippen LogP contribution in [0, 0.1) is 5.82 Å². The number of carbonyl (C=O) groups is 2. The molecule has 0 aliphatic rings. The maximum atomic E-state index is 13.2. The fraction of sp³-hybridized carbons (Fsp3) is 0.0952. The predicted octanol–water partition coefficient (Wildman–Crippen LogP) is 4.14. The van der Waals surface area contributed by atoms with Crippen LogP contribution < -0.4 is 0 Å². The Morgan fingerprint density at radius 2 is 1.96 bits per heavy atom. The molecule has 0 N–H and O–H groups in total.